The van der Waals surface area contributed by atoms with Gasteiger partial charge in [-0.1, -0.05) is 13.8 Å². The third kappa shape index (κ3) is 2.41. The van der Waals surface area contributed by atoms with Crippen molar-refractivity contribution >= 4 is 11.7 Å². The summed E-state index contributed by atoms with van der Waals surface area (Å²) in [6, 6.07) is 0. The van der Waals surface area contributed by atoms with Crippen LogP contribution in [0.3, 0.4) is 0 Å². The van der Waals surface area contributed by atoms with Crippen molar-refractivity contribution < 1.29 is 24.1 Å². The maximum absolute atomic E-state index is 13.1. The molecule has 6 nitrogen and oxygen atoms in total. The number of carbonyl (C=O) groups excluding carboxylic acids is 2. The average Bonchev–Trinajstić information content (AvgIpc) is 2.53. The molecule has 0 aromatic heterocycles. The summed E-state index contributed by atoms with van der Waals surface area (Å²) < 4.78 is 6.40. The molecule has 0 aromatic rings. The van der Waals surface area contributed by atoms with Gasteiger partial charge < -0.3 is 9.64 Å². The van der Waals surface area contributed by atoms with Crippen molar-refractivity contribution in [1.82, 2.24) is 4.90 Å². The minimum atomic E-state index is -0.859. The Morgan fingerprint density at radius 2 is 1.96 bits per heavy atom. The second kappa shape index (κ2) is 5.76. The fourth-order valence-electron chi connectivity index (χ4n) is 5.78. The molecule has 1 saturated carbocycles. The molecule has 7 atom stereocenters. The summed E-state index contributed by atoms with van der Waals surface area (Å²) in [5, 5.41) is 0. The molecule has 5 aliphatic rings. The fourth-order valence-corrected chi connectivity index (χ4v) is 5.78. The van der Waals surface area contributed by atoms with Gasteiger partial charge in [-0.25, -0.2) is 9.78 Å². The van der Waals surface area contributed by atoms with E-state index in [2.05, 4.69) is 6.92 Å². The number of Topliss-reactive ketones (excluding diaryl/α,β-unsaturated/α-hetero) is 1. The number of piperidine rings is 1. The first-order chi connectivity index (χ1) is 11.8. The van der Waals surface area contributed by atoms with Crippen LogP contribution in [-0.4, -0.2) is 40.8 Å². The number of fused-ring (bicyclic) bond motifs is 3. The van der Waals surface area contributed by atoms with Crippen LogP contribution >= 0.6 is 0 Å². The number of hydrogen-bond donors (Lipinski definition) is 0. The van der Waals surface area contributed by atoms with Gasteiger partial charge in [0, 0.05) is 18.3 Å². The molecule has 25 heavy (non-hydrogen) atoms. The molecule has 0 radical (unpaired) electrons. The summed E-state index contributed by atoms with van der Waals surface area (Å²) in [5.74, 6) is -0.272. The van der Waals surface area contributed by atoms with E-state index >= 15 is 0 Å². The van der Waals surface area contributed by atoms with Gasteiger partial charge in [-0.3, -0.25) is 9.59 Å². The Morgan fingerprint density at radius 3 is 2.68 bits per heavy atom. The first kappa shape index (κ1) is 17.4. The molecule has 4 aliphatic heterocycles. The van der Waals surface area contributed by atoms with Gasteiger partial charge in [-0.05, 0) is 51.4 Å². The number of ether oxygens (including phenoxy) is 1. The van der Waals surface area contributed by atoms with E-state index in [1.165, 1.54) is 6.92 Å². The van der Waals surface area contributed by atoms with Crippen LogP contribution in [0.1, 0.15) is 59.8 Å². The Hall–Kier alpha value is -0.980. The van der Waals surface area contributed by atoms with E-state index < -0.39 is 17.6 Å². The smallest absolute Gasteiger partial charge is 0.228 e. The summed E-state index contributed by atoms with van der Waals surface area (Å²) in [5.41, 5.74) is -0.666. The molecule has 0 N–H and O–H groups in total. The predicted octanol–water partition coefficient (Wildman–Crippen LogP) is 2.66. The highest BCUT2D eigenvalue weighted by Crippen LogP contribution is 2.59. The van der Waals surface area contributed by atoms with Crippen molar-refractivity contribution in [3.63, 3.8) is 0 Å². The van der Waals surface area contributed by atoms with Gasteiger partial charge in [0.05, 0.1) is 6.54 Å². The van der Waals surface area contributed by atoms with E-state index in [-0.39, 0.29) is 36.0 Å². The van der Waals surface area contributed by atoms with Gasteiger partial charge >= 0.3 is 0 Å². The summed E-state index contributed by atoms with van der Waals surface area (Å²) in [6.45, 7) is 7.69. The van der Waals surface area contributed by atoms with E-state index in [9.17, 15) is 9.59 Å². The van der Waals surface area contributed by atoms with Crippen molar-refractivity contribution in [1.29, 1.82) is 0 Å². The lowest BCUT2D eigenvalue weighted by Crippen LogP contribution is -2.77. The van der Waals surface area contributed by atoms with E-state index in [1.54, 1.807) is 4.90 Å². The molecule has 1 aliphatic carbocycles. The Bertz CT molecular complexity index is 594. The molecule has 2 bridgehead atoms. The SMILES string of the molecule is CC(=O)CN1C(=O)[C@H](C)[C@@H]2CC[C@@H](C)[C@@H]3CCC[C@]4(C)OO[C@]32[C@H]1O4. The van der Waals surface area contributed by atoms with Crippen molar-refractivity contribution in [2.45, 2.75) is 77.4 Å². The molecule has 4 saturated heterocycles. The van der Waals surface area contributed by atoms with Crippen molar-refractivity contribution in [2.75, 3.05) is 6.54 Å². The predicted molar refractivity (Wildman–Crippen MR) is 89.0 cm³/mol. The normalized spacial score (nSPS) is 49.4. The van der Waals surface area contributed by atoms with Crippen LogP contribution in [0, 0.1) is 23.7 Å². The number of nitrogens with zero attached hydrogens (tertiary/aromatic N) is 1. The number of hydrogen-bond acceptors (Lipinski definition) is 5. The molecule has 6 heteroatoms. The topological polar surface area (TPSA) is 65.1 Å². The van der Waals surface area contributed by atoms with Crippen LogP contribution in [0.2, 0.25) is 0 Å². The maximum Gasteiger partial charge on any atom is 0.228 e. The lowest BCUT2D eigenvalue weighted by Gasteiger charge is -2.64. The van der Waals surface area contributed by atoms with Crippen molar-refractivity contribution in [2.24, 2.45) is 23.7 Å². The van der Waals surface area contributed by atoms with E-state index in [1.807, 2.05) is 13.8 Å². The third-order valence-electron chi connectivity index (χ3n) is 6.99. The van der Waals surface area contributed by atoms with Gasteiger partial charge in [-0.15, -0.1) is 0 Å². The summed E-state index contributed by atoms with van der Waals surface area (Å²) in [6.07, 6.45) is 4.27. The van der Waals surface area contributed by atoms with E-state index in [0.29, 0.717) is 5.92 Å². The molecule has 0 aromatic carbocycles. The first-order valence-electron chi connectivity index (χ1n) is 9.63. The minimum absolute atomic E-state index is 0.00236. The first-order valence-corrected chi connectivity index (χ1v) is 9.63. The van der Waals surface area contributed by atoms with Crippen LogP contribution in [0.25, 0.3) is 0 Å². The van der Waals surface area contributed by atoms with Gasteiger partial charge in [0.2, 0.25) is 11.7 Å². The molecule has 140 valence electrons. The van der Waals surface area contributed by atoms with Gasteiger partial charge in [0.25, 0.3) is 0 Å². The number of amides is 1. The Balaban J connectivity index is 1.84. The molecule has 5 rings (SSSR count). The van der Waals surface area contributed by atoms with E-state index in [4.69, 9.17) is 14.5 Å². The standard InChI is InChI=1S/C19H29NO5/c1-11-7-8-15-13(3)16(22)20(10-12(2)21)17-19(15)14(11)6-5-9-18(4,23-17)24-25-19/h11,13-15,17H,5-10H2,1-4H3/t11-,13-,14+,15+,17-,18+,19-/m1/s1. The zero-order valence-corrected chi connectivity index (χ0v) is 15.6. The molecule has 1 spiro atoms. The second-order valence-electron chi connectivity index (χ2n) is 8.74. The van der Waals surface area contributed by atoms with Crippen LogP contribution in [0.5, 0.6) is 0 Å². The molecular weight excluding hydrogens is 322 g/mol. The van der Waals surface area contributed by atoms with Crippen LogP contribution in [0.15, 0.2) is 0 Å². The molecule has 4 heterocycles. The molecule has 5 fully saturated rings. The highest BCUT2D eigenvalue weighted by Gasteiger charge is 2.69. The zero-order valence-electron chi connectivity index (χ0n) is 15.6. The monoisotopic (exact) mass is 351 g/mol. The molecular formula is C19H29NO5. The zero-order chi connectivity index (χ0) is 18.0. The number of carbonyl (C=O) groups is 2. The van der Waals surface area contributed by atoms with Crippen LogP contribution < -0.4 is 0 Å². The summed E-state index contributed by atoms with van der Waals surface area (Å²) >= 11 is 0. The highest BCUT2D eigenvalue weighted by molar-refractivity contribution is 5.87. The van der Waals surface area contributed by atoms with Crippen LogP contribution in [0.4, 0.5) is 0 Å². The lowest BCUT2D eigenvalue weighted by atomic mass is 9.56. The summed E-state index contributed by atoms with van der Waals surface area (Å²) in [4.78, 5) is 38.6. The van der Waals surface area contributed by atoms with E-state index in [0.717, 1.165) is 32.1 Å². The van der Waals surface area contributed by atoms with Crippen LogP contribution in [-0.2, 0) is 24.1 Å². The van der Waals surface area contributed by atoms with Gasteiger partial charge in [-0.2, -0.15) is 0 Å². The molecule has 0 unspecified atom stereocenters. The van der Waals surface area contributed by atoms with Crippen molar-refractivity contribution in [3.05, 3.63) is 0 Å². The van der Waals surface area contributed by atoms with Crippen molar-refractivity contribution in [3.8, 4) is 0 Å². The number of rotatable bonds is 2. The van der Waals surface area contributed by atoms with Gasteiger partial charge in [0.15, 0.2) is 11.8 Å². The Labute approximate surface area is 149 Å². The quantitative estimate of drug-likeness (QED) is 0.716. The number of likely N-dealkylation sites (tertiary alicyclic amines) is 1. The maximum atomic E-state index is 13.1. The molecule has 1 amide bonds. The largest absolute Gasteiger partial charge is 0.321 e. The van der Waals surface area contributed by atoms with Gasteiger partial charge in [0.1, 0.15) is 5.78 Å². The Morgan fingerprint density at radius 1 is 1.20 bits per heavy atom. The third-order valence-corrected chi connectivity index (χ3v) is 6.99. The Kier molecular flexibility index (Phi) is 4.02. The second-order valence-corrected chi connectivity index (χ2v) is 8.74. The number of ketones is 1. The lowest BCUT2D eigenvalue weighted by molar-refractivity contribution is -0.563. The summed E-state index contributed by atoms with van der Waals surface area (Å²) in [7, 11) is 0. The average molecular weight is 351 g/mol. The fraction of sp³-hybridized carbons (Fsp3) is 0.895. The minimum Gasteiger partial charge on any atom is -0.321 e. The highest BCUT2D eigenvalue weighted by atomic mass is 17.3.